The van der Waals surface area contributed by atoms with E-state index in [0.717, 1.165) is 37.0 Å². The lowest BCUT2D eigenvalue weighted by Gasteiger charge is -2.56. The Morgan fingerprint density at radius 3 is 2.33 bits per heavy atom. The highest BCUT2D eigenvalue weighted by Crippen LogP contribution is 2.55. The second-order valence-corrected chi connectivity index (χ2v) is 11.0. The number of para-hydroxylation sites is 1. The first-order valence-corrected chi connectivity index (χ1v) is 12.7. The lowest BCUT2D eigenvalue weighted by molar-refractivity contribution is -0.124. The molecule has 0 unspecified atom stereocenters. The van der Waals surface area contributed by atoms with Gasteiger partial charge in [-0.2, -0.15) is 0 Å². The third-order valence-corrected chi connectivity index (χ3v) is 8.54. The first-order valence-electron chi connectivity index (χ1n) is 11.7. The van der Waals surface area contributed by atoms with Crippen molar-refractivity contribution in [2.24, 2.45) is 17.8 Å². The highest BCUT2D eigenvalue weighted by molar-refractivity contribution is 7.99. The van der Waals surface area contributed by atoms with Crippen molar-refractivity contribution in [3.05, 3.63) is 64.7 Å². The first-order chi connectivity index (χ1) is 16.0. The number of amides is 1. The highest BCUT2D eigenvalue weighted by atomic mass is 32.2. The molecule has 4 aliphatic carbocycles. The van der Waals surface area contributed by atoms with Crippen LogP contribution in [-0.4, -0.2) is 26.8 Å². The van der Waals surface area contributed by atoms with Gasteiger partial charge >= 0.3 is 0 Å². The molecule has 1 N–H and O–H groups in total. The average Bonchev–Trinajstić information content (AvgIpc) is 2.77. The Morgan fingerprint density at radius 2 is 1.67 bits per heavy atom. The van der Waals surface area contributed by atoms with Gasteiger partial charge in [-0.15, -0.1) is 0 Å². The third kappa shape index (κ3) is 3.86. The van der Waals surface area contributed by atoms with Crippen LogP contribution in [0.25, 0.3) is 16.6 Å². The van der Waals surface area contributed by atoms with E-state index in [-0.39, 0.29) is 28.6 Å². The van der Waals surface area contributed by atoms with Crippen LogP contribution in [0.15, 0.2) is 58.5 Å². The van der Waals surface area contributed by atoms with Crippen LogP contribution < -0.4 is 10.9 Å². The van der Waals surface area contributed by atoms with E-state index >= 15 is 0 Å². The molecule has 33 heavy (non-hydrogen) atoms. The summed E-state index contributed by atoms with van der Waals surface area (Å²) < 4.78 is 15.0. The number of nitrogens with zero attached hydrogens (tertiary/aromatic N) is 2. The number of nitrogens with one attached hydrogen (secondary N) is 1. The first kappa shape index (κ1) is 20.9. The molecule has 4 aliphatic rings. The van der Waals surface area contributed by atoms with Crippen LogP contribution in [0, 0.1) is 23.6 Å². The topological polar surface area (TPSA) is 64.0 Å². The molecule has 170 valence electrons. The normalized spacial score (nSPS) is 27.7. The average molecular weight is 464 g/mol. The van der Waals surface area contributed by atoms with E-state index in [9.17, 15) is 14.0 Å². The molecular formula is C26H26FN3O2S. The molecule has 0 spiro atoms. The summed E-state index contributed by atoms with van der Waals surface area (Å²) in [5, 5.41) is 4.31. The maximum atomic E-state index is 13.5. The largest absolute Gasteiger partial charge is 0.350 e. The van der Waals surface area contributed by atoms with Crippen LogP contribution in [0.5, 0.6) is 0 Å². The Bertz CT molecular complexity index is 1250. The smallest absolute Gasteiger partial charge is 0.266 e. The molecule has 0 radical (unpaired) electrons. The van der Waals surface area contributed by atoms with E-state index in [4.69, 9.17) is 0 Å². The maximum absolute atomic E-state index is 13.5. The Labute approximate surface area is 195 Å². The van der Waals surface area contributed by atoms with Gasteiger partial charge in [-0.3, -0.25) is 14.2 Å². The van der Waals surface area contributed by atoms with Gasteiger partial charge < -0.3 is 5.32 Å². The number of carbonyl (C=O) groups is 1. The summed E-state index contributed by atoms with van der Waals surface area (Å²) in [6.07, 6.45) is 7.29. The van der Waals surface area contributed by atoms with Gasteiger partial charge in [-0.1, -0.05) is 23.9 Å². The van der Waals surface area contributed by atoms with Crippen molar-refractivity contribution in [2.75, 3.05) is 5.75 Å². The monoisotopic (exact) mass is 463 g/mol. The molecular weight excluding hydrogens is 437 g/mol. The lowest BCUT2D eigenvalue weighted by atomic mass is 9.53. The number of aromatic nitrogens is 2. The van der Waals surface area contributed by atoms with Crippen LogP contribution in [0.1, 0.15) is 38.5 Å². The SMILES string of the molecule is O=C(CSc1nc2ccccc2c(=O)n1-c1ccc(F)cc1)NC12CC3CC(CC(C3)C1)C2. The zero-order chi connectivity index (χ0) is 22.6. The molecule has 0 atom stereocenters. The van der Waals surface area contributed by atoms with Gasteiger partial charge in [0.2, 0.25) is 5.91 Å². The van der Waals surface area contributed by atoms with Crippen molar-refractivity contribution in [1.29, 1.82) is 0 Å². The molecule has 3 aromatic rings. The number of carbonyl (C=O) groups excluding carboxylic acids is 1. The number of rotatable bonds is 5. The zero-order valence-electron chi connectivity index (χ0n) is 18.3. The van der Waals surface area contributed by atoms with Crippen molar-refractivity contribution in [2.45, 2.75) is 49.2 Å². The predicted octanol–water partition coefficient (Wildman–Crippen LogP) is 4.70. The minimum atomic E-state index is -0.371. The van der Waals surface area contributed by atoms with Gasteiger partial charge in [0.25, 0.3) is 5.56 Å². The van der Waals surface area contributed by atoms with Gasteiger partial charge in [0.15, 0.2) is 5.16 Å². The van der Waals surface area contributed by atoms with Gasteiger partial charge in [0.1, 0.15) is 5.82 Å². The predicted molar refractivity (Wildman–Crippen MR) is 127 cm³/mol. The number of halogens is 1. The number of hydrogen-bond acceptors (Lipinski definition) is 4. The summed E-state index contributed by atoms with van der Waals surface area (Å²) in [5.74, 6) is 2.09. The van der Waals surface area contributed by atoms with E-state index < -0.39 is 0 Å². The molecule has 0 aliphatic heterocycles. The molecule has 0 saturated heterocycles. The van der Waals surface area contributed by atoms with Crippen molar-refractivity contribution in [3.8, 4) is 5.69 Å². The Kier molecular flexibility index (Phi) is 5.05. The Hall–Kier alpha value is -2.67. The molecule has 7 rings (SSSR count). The van der Waals surface area contributed by atoms with Crippen LogP contribution in [0.4, 0.5) is 4.39 Å². The molecule has 1 aromatic heterocycles. The molecule has 4 fully saturated rings. The lowest BCUT2D eigenvalue weighted by Crippen LogP contribution is -2.60. The highest BCUT2D eigenvalue weighted by Gasteiger charge is 2.51. The summed E-state index contributed by atoms with van der Waals surface area (Å²) in [5.41, 5.74) is 0.851. The number of hydrogen-bond donors (Lipinski definition) is 1. The summed E-state index contributed by atoms with van der Waals surface area (Å²) in [6, 6.07) is 12.9. The maximum Gasteiger partial charge on any atom is 0.266 e. The van der Waals surface area contributed by atoms with E-state index in [1.807, 2.05) is 6.07 Å². The Balaban J connectivity index is 1.27. The van der Waals surface area contributed by atoms with Gasteiger partial charge in [0, 0.05) is 5.54 Å². The van der Waals surface area contributed by atoms with Crippen molar-refractivity contribution >= 4 is 28.6 Å². The molecule has 5 nitrogen and oxygen atoms in total. The fourth-order valence-electron chi connectivity index (χ4n) is 6.75. The van der Waals surface area contributed by atoms with Gasteiger partial charge in [0.05, 0.1) is 22.3 Å². The molecule has 1 heterocycles. The van der Waals surface area contributed by atoms with Crippen LogP contribution >= 0.6 is 11.8 Å². The summed E-state index contributed by atoms with van der Waals surface area (Å²) in [7, 11) is 0. The molecule has 4 saturated carbocycles. The molecule has 7 heteroatoms. The molecule has 1 amide bonds. The number of fused-ring (bicyclic) bond motifs is 1. The minimum absolute atomic E-state index is 0.00462. The van der Waals surface area contributed by atoms with E-state index in [0.29, 0.717) is 21.7 Å². The van der Waals surface area contributed by atoms with Crippen LogP contribution in [-0.2, 0) is 4.79 Å². The third-order valence-electron chi connectivity index (χ3n) is 7.60. The number of thioether (sulfide) groups is 1. The van der Waals surface area contributed by atoms with Crippen molar-refractivity contribution in [1.82, 2.24) is 14.9 Å². The summed E-state index contributed by atoms with van der Waals surface area (Å²) in [4.78, 5) is 31.0. The van der Waals surface area contributed by atoms with Gasteiger partial charge in [-0.05, 0) is 92.7 Å². The zero-order valence-corrected chi connectivity index (χ0v) is 19.1. The quantitative estimate of drug-likeness (QED) is 0.440. The fourth-order valence-corrected chi connectivity index (χ4v) is 7.57. The van der Waals surface area contributed by atoms with Gasteiger partial charge in [-0.25, -0.2) is 9.37 Å². The second-order valence-electron chi connectivity index (χ2n) is 10.1. The van der Waals surface area contributed by atoms with E-state index in [1.54, 1.807) is 30.3 Å². The minimum Gasteiger partial charge on any atom is -0.350 e. The summed E-state index contributed by atoms with van der Waals surface area (Å²) in [6.45, 7) is 0. The van der Waals surface area contributed by atoms with Crippen molar-refractivity contribution < 1.29 is 9.18 Å². The molecule has 4 bridgehead atoms. The van der Waals surface area contributed by atoms with Crippen LogP contribution in [0.3, 0.4) is 0 Å². The molecule has 2 aromatic carbocycles. The fraction of sp³-hybridized carbons (Fsp3) is 0.423. The number of benzene rings is 2. The standard InChI is InChI=1S/C26H26FN3O2S/c27-19-5-7-20(8-6-19)30-24(32)21-3-1-2-4-22(21)28-25(30)33-15-23(31)29-26-12-16-9-17(13-26)11-18(10-16)14-26/h1-8,16-18H,9-15H2,(H,29,31). The van der Waals surface area contributed by atoms with Crippen molar-refractivity contribution in [3.63, 3.8) is 0 Å². The van der Waals surface area contributed by atoms with E-state index in [1.165, 1.54) is 47.7 Å². The van der Waals surface area contributed by atoms with Crippen LogP contribution in [0.2, 0.25) is 0 Å². The Morgan fingerprint density at radius 1 is 1.03 bits per heavy atom. The van der Waals surface area contributed by atoms with E-state index in [2.05, 4.69) is 10.3 Å². The second kappa shape index (κ2) is 7.97. The summed E-state index contributed by atoms with van der Waals surface area (Å²) >= 11 is 1.26.